The third kappa shape index (κ3) is 11.3. The molecule has 0 unspecified atom stereocenters. The lowest BCUT2D eigenvalue weighted by atomic mass is 9.73. The highest BCUT2D eigenvalue weighted by molar-refractivity contribution is 6.49. The summed E-state index contributed by atoms with van der Waals surface area (Å²) < 4.78 is 15.2. The van der Waals surface area contributed by atoms with Gasteiger partial charge in [-0.1, -0.05) is 44.2 Å². The van der Waals surface area contributed by atoms with Crippen molar-refractivity contribution in [3.8, 4) is 0 Å². The Bertz CT molecular complexity index is 1120. The average molecular weight is 542 g/mol. The van der Waals surface area contributed by atoms with Crippen LogP contribution in [0.15, 0.2) is 48.9 Å². The van der Waals surface area contributed by atoms with E-state index >= 15 is 0 Å². The SMILES string of the molecule is COC(=O)COB(OC(=O)CC(=O)O)[C@H](CC(C)C)NC(=O)[C@H](Cc1ccccc1)NC(=O)c1cnccn1. The van der Waals surface area contributed by atoms with Crippen molar-refractivity contribution >= 4 is 36.8 Å². The van der Waals surface area contributed by atoms with Crippen LogP contribution in [0.2, 0.25) is 0 Å². The highest BCUT2D eigenvalue weighted by Crippen LogP contribution is 2.13. The van der Waals surface area contributed by atoms with E-state index in [1.165, 1.54) is 18.6 Å². The smallest absolute Gasteiger partial charge is 0.508 e. The van der Waals surface area contributed by atoms with Gasteiger partial charge in [-0.25, -0.2) is 9.78 Å². The van der Waals surface area contributed by atoms with Gasteiger partial charge in [0.15, 0.2) is 0 Å². The topological polar surface area (TPSA) is 183 Å². The Hall–Kier alpha value is -4.33. The van der Waals surface area contributed by atoms with E-state index in [0.29, 0.717) is 0 Å². The van der Waals surface area contributed by atoms with Gasteiger partial charge in [0, 0.05) is 18.8 Å². The third-order valence-corrected chi connectivity index (χ3v) is 5.22. The molecule has 3 N–H and O–H groups in total. The van der Waals surface area contributed by atoms with Crippen LogP contribution in [0.5, 0.6) is 0 Å². The number of hydrogen-bond donors (Lipinski definition) is 3. The molecule has 14 heteroatoms. The number of carboxylic acid groups (broad SMARTS) is 1. The minimum atomic E-state index is -1.52. The average Bonchev–Trinajstić information content (AvgIpc) is 2.90. The first-order valence-electron chi connectivity index (χ1n) is 12.1. The molecule has 1 heterocycles. The summed E-state index contributed by atoms with van der Waals surface area (Å²) in [7, 11) is -0.381. The second-order valence-corrected chi connectivity index (χ2v) is 8.87. The first-order chi connectivity index (χ1) is 18.6. The van der Waals surface area contributed by atoms with Crippen molar-refractivity contribution in [3.05, 3.63) is 60.2 Å². The van der Waals surface area contributed by atoms with Gasteiger partial charge >= 0.3 is 25.0 Å². The molecule has 208 valence electrons. The number of esters is 1. The molecule has 0 bridgehead atoms. The number of aliphatic carboxylic acids is 1. The molecule has 0 aliphatic rings. The molecule has 2 atom stereocenters. The van der Waals surface area contributed by atoms with Gasteiger partial charge in [0.1, 0.15) is 24.8 Å². The van der Waals surface area contributed by atoms with Crippen molar-refractivity contribution in [2.75, 3.05) is 13.7 Å². The van der Waals surface area contributed by atoms with Crippen LogP contribution in [0, 0.1) is 5.92 Å². The summed E-state index contributed by atoms with van der Waals surface area (Å²) in [5, 5.41) is 14.3. The summed E-state index contributed by atoms with van der Waals surface area (Å²) in [5.41, 5.74) is 0.757. The zero-order valence-corrected chi connectivity index (χ0v) is 21.9. The number of carbonyl (C=O) groups is 5. The lowest BCUT2D eigenvalue weighted by molar-refractivity contribution is -0.149. The van der Waals surface area contributed by atoms with Gasteiger partial charge in [-0.15, -0.1) is 0 Å². The van der Waals surface area contributed by atoms with Crippen LogP contribution in [-0.4, -0.2) is 77.6 Å². The Kier molecular flexibility index (Phi) is 12.5. The maximum Gasteiger partial charge on any atom is 0.551 e. The number of benzene rings is 1. The Morgan fingerprint density at radius 1 is 1.03 bits per heavy atom. The Balaban J connectivity index is 2.31. The second kappa shape index (κ2) is 15.8. The van der Waals surface area contributed by atoms with E-state index in [-0.39, 0.29) is 24.5 Å². The number of aromatic nitrogens is 2. The van der Waals surface area contributed by atoms with Crippen LogP contribution < -0.4 is 10.6 Å². The van der Waals surface area contributed by atoms with E-state index in [2.05, 4.69) is 25.3 Å². The van der Waals surface area contributed by atoms with Crippen LogP contribution in [0.25, 0.3) is 0 Å². The molecule has 0 radical (unpaired) electrons. The van der Waals surface area contributed by atoms with Crippen molar-refractivity contribution in [1.82, 2.24) is 20.6 Å². The summed E-state index contributed by atoms with van der Waals surface area (Å²) in [6.45, 7) is 3.06. The van der Waals surface area contributed by atoms with Gasteiger partial charge in [0.25, 0.3) is 5.91 Å². The van der Waals surface area contributed by atoms with Crippen LogP contribution in [0.1, 0.15) is 42.7 Å². The molecule has 0 saturated heterocycles. The van der Waals surface area contributed by atoms with Crippen LogP contribution in [0.4, 0.5) is 0 Å². The van der Waals surface area contributed by atoms with Crippen molar-refractivity contribution in [3.63, 3.8) is 0 Å². The summed E-state index contributed by atoms with van der Waals surface area (Å²) in [6.07, 6.45) is 3.38. The van der Waals surface area contributed by atoms with Gasteiger partial charge < -0.3 is 29.8 Å². The second-order valence-electron chi connectivity index (χ2n) is 8.87. The largest absolute Gasteiger partial charge is 0.551 e. The molecule has 0 aliphatic heterocycles. The van der Waals surface area contributed by atoms with Gasteiger partial charge in [0.05, 0.1) is 19.2 Å². The monoisotopic (exact) mass is 542 g/mol. The highest BCUT2D eigenvalue weighted by atomic mass is 16.6. The summed E-state index contributed by atoms with van der Waals surface area (Å²) in [6, 6.07) is 7.87. The number of nitrogens with one attached hydrogen (secondary N) is 2. The van der Waals surface area contributed by atoms with Gasteiger partial charge in [-0.05, 0) is 17.9 Å². The first kappa shape index (κ1) is 30.9. The van der Waals surface area contributed by atoms with Crippen LogP contribution >= 0.6 is 0 Å². The minimum absolute atomic E-state index is 0.00369. The molecule has 1 aromatic heterocycles. The van der Waals surface area contributed by atoms with Gasteiger partial charge in [0.2, 0.25) is 5.91 Å². The normalized spacial score (nSPS) is 12.1. The molecular weight excluding hydrogens is 511 g/mol. The Morgan fingerprint density at radius 3 is 2.33 bits per heavy atom. The Labute approximate surface area is 225 Å². The zero-order chi connectivity index (χ0) is 28.8. The third-order valence-electron chi connectivity index (χ3n) is 5.22. The minimum Gasteiger partial charge on any atom is -0.508 e. The predicted molar refractivity (Wildman–Crippen MR) is 137 cm³/mol. The van der Waals surface area contributed by atoms with E-state index in [0.717, 1.165) is 12.7 Å². The fourth-order valence-corrected chi connectivity index (χ4v) is 3.47. The number of carbonyl (C=O) groups excluding carboxylic acids is 4. The van der Waals surface area contributed by atoms with Gasteiger partial charge in [-0.3, -0.25) is 24.2 Å². The maximum atomic E-state index is 13.5. The lowest BCUT2D eigenvalue weighted by Crippen LogP contribution is -2.57. The fraction of sp³-hybridized carbons (Fsp3) is 0.400. The highest BCUT2D eigenvalue weighted by Gasteiger charge is 2.38. The molecule has 13 nitrogen and oxygen atoms in total. The molecule has 0 aliphatic carbocycles. The van der Waals surface area contributed by atoms with E-state index in [1.54, 1.807) is 24.3 Å². The molecule has 2 aromatic rings. The van der Waals surface area contributed by atoms with Crippen molar-refractivity contribution in [2.45, 2.75) is 45.1 Å². The number of amides is 2. The molecular formula is C25H31BN4O9. The number of rotatable bonds is 15. The molecule has 0 saturated carbocycles. The number of nitrogens with zero attached hydrogens (tertiary/aromatic N) is 2. The number of methoxy groups -OCH3 is 1. The quantitative estimate of drug-likeness (QED) is 0.163. The number of hydrogen-bond acceptors (Lipinski definition) is 10. The lowest BCUT2D eigenvalue weighted by Gasteiger charge is -2.27. The van der Waals surface area contributed by atoms with Crippen molar-refractivity contribution in [2.24, 2.45) is 5.92 Å². The number of carboxylic acids is 1. The Morgan fingerprint density at radius 2 is 1.74 bits per heavy atom. The van der Waals surface area contributed by atoms with E-state index in [1.807, 2.05) is 19.9 Å². The van der Waals surface area contributed by atoms with Crippen molar-refractivity contribution < 1.29 is 43.1 Å². The molecule has 2 rings (SSSR count). The predicted octanol–water partition coefficient (Wildman–Crippen LogP) is 0.584. The molecule has 1 aromatic carbocycles. The number of ether oxygens (including phenoxy) is 1. The van der Waals surface area contributed by atoms with Crippen LogP contribution in [0.3, 0.4) is 0 Å². The summed E-state index contributed by atoms with van der Waals surface area (Å²) in [4.78, 5) is 69.0. The van der Waals surface area contributed by atoms with E-state index in [4.69, 9.17) is 14.4 Å². The first-order valence-corrected chi connectivity index (χ1v) is 12.1. The van der Waals surface area contributed by atoms with E-state index < -0.39 is 61.9 Å². The fourth-order valence-electron chi connectivity index (χ4n) is 3.47. The maximum absolute atomic E-state index is 13.5. The van der Waals surface area contributed by atoms with E-state index in [9.17, 15) is 24.0 Å². The standard InChI is InChI=1S/C25H31BN4O9/c1-16(2)11-20(26(38-15-23(34)37-3)39-22(33)13-21(31)32)30-24(35)18(12-17-7-5-4-6-8-17)29-25(36)19-14-27-9-10-28-19/h4-10,14,16,18,20H,11-13,15H2,1-3H3,(H,29,36)(H,30,35)(H,31,32)/t18-,20-/m0/s1. The summed E-state index contributed by atoms with van der Waals surface area (Å²) in [5.74, 6) is -5.66. The van der Waals surface area contributed by atoms with Gasteiger partial charge in [-0.2, -0.15) is 0 Å². The van der Waals surface area contributed by atoms with Crippen LogP contribution in [-0.2, 0) is 39.6 Å². The molecule has 39 heavy (non-hydrogen) atoms. The molecule has 0 spiro atoms. The summed E-state index contributed by atoms with van der Waals surface area (Å²) >= 11 is 0. The zero-order valence-electron chi connectivity index (χ0n) is 21.9. The molecule has 0 fully saturated rings. The van der Waals surface area contributed by atoms with Crippen molar-refractivity contribution in [1.29, 1.82) is 0 Å². The molecule has 2 amide bonds.